The van der Waals surface area contributed by atoms with Gasteiger partial charge in [0.1, 0.15) is 12.4 Å². The minimum Gasteiger partial charge on any atom is -0.491 e. The van der Waals surface area contributed by atoms with Gasteiger partial charge < -0.3 is 14.6 Å². The van der Waals surface area contributed by atoms with Crippen LogP contribution in [0, 0.1) is 0 Å². The fourth-order valence-corrected chi connectivity index (χ4v) is 2.01. The van der Waals surface area contributed by atoms with Gasteiger partial charge in [-0.15, -0.1) is 0 Å². The fraction of sp³-hybridized carbons (Fsp3) is 0.158. The van der Waals surface area contributed by atoms with Crippen LogP contribution in [0.15, 0.2) is 54.6 Å². The Bertz CT molecular complexity index is 714. The SMILES string of the molecule is COC(=O)/C=C/c1ccc(C(=O)c2ccc(OCCO)cc2)cc1. The molecule has 0 spiro atoms. The lowest BCUT2D eigenvalue weighted by atomic mass is 10.0. The lowest BCUT2D eigenvalue weighted by molar-refractivity contribution is -0.134. The molecule has 0 saturated heterocycles. The molecule has 1 N–H and O–H groups in total. The third kappa shape index (κ3) is 4.79. The van der Waals surface area contributed by atoms with E-state index < -0.39 is 5.97 Å². The minimum atomic E-state index is -0.432. The molecule has 0 atom stereocenters. The molecule has 0 aliphatic carbocycles. The van der Waals surface area contributed by atoms with Crippen LogP contribution in [0.25, 0.3) is 6.08 Å². The van der Waals surface area contributed by atoms with Gasteiger partial charge in [0.05, 0.1) is 13.7 Å². The smallest absolute Gasteiger partial charge is 0.330 e. The zero-order chi connectivity index (χ0) is 17.4. The van der Waals surface area contributed by atoms with E-state index in [2.05, 4.69) is 4.74 Å². The number of esters is 1. The Labute approximate surface area is 140 Å². The first-order valence-electron chi connectivity index (χ1n) is 7.38. The van der Waals surface area contributed by atoms with Gasteiger partial charge in [0, 0.05) is 17.2 Å². The molecule has 2 aromatic rings. The molecule has 0 saturated carbocycles. The molecule has 0 heterocycles. The summed E-state index contributed by atoms with van der Waals surface area (Å²) in [5, 5.41) is 8.71. The minimum absolute atomic E-state index is 0.0581. The van der Waals surface area contributed by atoms with Crippen LogP contribution in [-0.2, 0) is 9.53 Å². The Morgan fingerprint density at radius 3 is 2.12 bits per heavy atom. The van der Waals surface area contributed by atoms with Crippen LogP contribution in [-0.4, -0.2) is 37.2 Å². The second-order valence-electron chi connectivity index (χ2n) is 4.90. The summed E-state index contributed by atoms with van der Waals surface area (Å²) in [7, 11) is 1.31. The number of hydrogen-bond acceptors (Lipinski definition) is 5. The molecule has 0 aromatic heterocycles. The van der Waals surface area contributed by atoms with Crippen LogP contribution in [0.2, 0.25) is 0 Å². The van der Waals surface area contributed by atoms with Crippen molar-refractivity contribution in [2.24, 2.45) is 0 Å². The highest BCUT2D eigenvalue weighted by Crippen LogP contribution is 2.16. The van der Waals surface area contributed by atoms with Crippen molar-refractivity contribution in [2.75, 3.05) is 20.3 Å². The summed E-state index contributed by atoms with van der Waals surface area (Å²) in [5.74, 6) is 0.0646. The molecule has 24 heavy (non-hydrogen) atoms. The predicted octanol–water partition coefficient (Wildman–Crippen LogP) is 2.47. The monoisotopic (exact) mass is 326 g/mol. The third-order valence-electron chi connectivity index (χ3n) is 3.26. The van der Waals surface area contributed by atoms with E-state index in [0.29, 0.717) is 16.9 Å². The summed E-state index contributed by atoms with van der Waals surface area (Å²) in [5.41, 5.74) is 1.89. The van der Waals surface area contributed by atoms with Crippen molar-refractivity contribution in [3.05, 3.63) is 71.3 Å². The van der Waals surface area contributed by atoms with Crippen molar-refractivity contribution < 1.29 is 24.2 Å². The van der Waals surface area contributed by atoms with Crippen LogP contribution in [0.1, 0.15) is 21.5 Å². The number of ketones is 1. The number of carbonyl (C=O) groups is 2. The third-order valence-corrected chi connectivity index (χ3v) is 3.26. The number of ether oxygens (including phenoxy) is 2. The van der Waals surface area contributed by atoms with Crippen molar-refractivity contribution >= 4 is 17.8 Å². The summed E-state index contributed by atoms with van der Waals surface area (Å²) in [6, 6.07) is 13.7. The second-order valence-corrected chi connectivity index (χ2v) is 4.90. The fourth-order valence-electron chi connectivity index (χ4n) is 2.01. The number of rotatable bonds is 7. The van der Waals surface area contributed by atoms with E-state index >= 15 is 0 Å². The number of aliphatic hydroxyl groups is 1. The molecule has 0 amide bonds. The zero-order valence-electron chi connectivity index (χ0n) is 13.3. The van der Waals surface area contributed by atoms with Gasteiger partial charge in [0.15, 0.2) is 5.78 Å². The molecule has 0 radical (unpaired) electrons. The molecule has 0 bridgehead atoms. The van der Waals surface area contributed by atoms with E-state index in [1.165, 1.54) is 13.2 Å². The lowest BCUT2D eigenvalue weighted by Gasteiger charge is -2.06. The highest BCUT2D eigenvalue weighted by molar-refractivity contribution is 6.09. The van der Waals surface area contributed by atoms with E-state index in [9.17, 15) is 9.59 Å². The van der Waals surface area contributed by atoms with Gasteiger partial charge in [-0.2, -0.15) is 0 Å². The summed E-state index contributed by atoms with van der Waals surface area (Å²) < 4.78 is 9.78. The Kier molecular flexibility index (Phi) is 6.28. The van der Waals surface area contributed by atoms with E-state index in [1.807, 2.05) is 0 Å². The van der Waals surface area contributed by atoms with Gasteiger partial charge >= 0.3 is 5.97 Å². The maximum atomic E-state index is 12.4. The molecule has 0 unspecified atom stereocenters. The van der Waals surface area contributed by atoms with Crippen LogP contribution < -0.4 is 4.74 Å². The van der Waals surface area contributed by atoms with Gasteiger partial charge in [-0.05, 0) is 35.9 Å². The van der Waals surface area contributed by atoms with Crippen LogP contribution in [0.4, 0.5) is 0 Å². The summed E-state index contributed by atoms with van der Waals surface area (Å²) >= 11 is 0. The van der Waals surface area contributed by atoms with Crippen LogP contribution in [0.5, 0.6) is 5.75 Å². The van der Waals surface area contributed by atoms with Gasteiger partial charge in [-0.3, -0.25) is 4.79 Å². The molecule has 0 aliphatic heterocycles. The quantitative estimate of drug-likeness (QED) is 0.481. The number of carbonyl (C=O) groups excluding carboxylic acids is 2. The van der Waals surface area contributed by atoms with Gasteiger partial charge in [0.25, 0.3) is 0 Å². The highest BCUT2D eigenvalue weighted by Gasteiger charge is 2.09. The molecule has 2 aromatic carbocycles. The Hall–Kier alpha value is -2.92. The van der Waals surface area contributed by atoms with E-state index in [1.54, 1.807) is 54.6 Å². The van der Waals surface area contributed by atoms with Crippen molar-refractivity contribution in [2.45, 2.75) is 0 Å². The first kappa shape index (κ1) is 17.4. The van der Waals surface area contributed by atoms with Crippen molar-refractivity contribution in [1.29, 1.82) is 0 Å². The highest BCUT2D eigenvalue weighted by atomic mass is 16.5. The molecule has 5 nitrogen and oxygen atoms in total. The van der Waals surface area contributed by atoms with Crippen LogP contribution in [0.3, 0.4) is 0 Å². The van der Waals surface area contributed by atoms with Crippen molar-refractivity contribution in [1.82, 2.24) is 0 Å². The number of methoxy groups -OCH3 is 1. The van der Waals surface area contributed by atoms with E-state index in [4.69, 9.17) is 9.84 Å². The average Bonchev–Trinajstić information content (AvgIpc) is 2.64. The standard InChI is InChI=1S/C19H18O5/c1-23-18(21)11-4-14-2-5-15(6-3-14)19(22)16-7-9-17(10-8-16)24-13-12-20/h2-11,20H,12-13H2,1H3/b11-4+. The number of aliphatic hydroxyl groups excluding tert-OH is 1. The summed E-state index contributed by atoms with van der Waals surface area (Å²) in [4.78, 5) is 23.5. The molecular weight excluding hydrogens is 308 g/mol. The van der Waals surface area contributed by atoms with E-state index in [-0.39, 0.29) is 19.0 Å². The predicted molar refractivity (Wildman–Crippen MR) is 89.9 cm³/mol. The number of hydrogen-bond donors (Lipinski definition) is 1. The summed E-state index contributed by atoms with van der Waals surface area (Å²) in [6.07, 6.45) is 2.94. The normalized spacial score (nSPS) is 10.6. The second kappa shape index (κ2) is 8.64. The first-order chi connectivity index (χ1) is 11.6. The Morgan fingerprint density at radius 2 is 1.58 bits per heavy atom. The molecule has 0 aliphatic rings. The van der Waals surface area contributed by atoms with Crippen molar-refractivity contribution in [3.8, 4) is 5.75 Å². The van der Waals surface area contributed by atoms with Gasteiger partial charge in [-0.25, -0.2) is 4.79 Å². The first-order valence-corrected chi connectivity index (χ1v) is 7.38. The Balaban J connectivity index is 2.06. The van der Waals surface area contributed by atoms with E-state index in [0.717, 1.165) is 5.56 Å². The molecule has 5 heteroatoms. The van der Waals surface area contributed by atoms with Gasteiger partial charge in [-0.1, -0.05) is 24.3 Å². The lowest BCUT2D eigenvalue weighted by Crippen LogP contribution is -2.03. The summed E-state index contributed by atoms with van der Waals surface area (Å²) in [6.45, 7) is 0.158. The maximum absolute atomic E-state index is 12.4. The molecule has 2 rings (SSSR count). The molecular formula is C19H18O5. The molecule has 0 fully saturated rings. The topological polar surface area (TPSA) is 72.8 Å². The van der Waals surface area contributed by atoms with Crippen molar-refractivity contribution in [3.63, 3.8) is 0 Å². The largest absolute Gasteiger partial charge is 0.491 e. The van der Waals surface area contributed by atoms with Crippen LogP contribution >= 0.6 is 0 Å². The molecule has 124 valence electrons. The Morgan fingerprint density at radius 1 is 1.00 bits per heavy atom. The van der Waals surface area contributed by atoms with Gasteiger partial charge in [0.2, 0.25) is 0 Å². The zero-order valence-corrected chi connectivity index (χ0v) is 13.3. The maximum Gasteiger partial charge on any atom is 0.330 e. The number of benzene rings is 2. The average molecular weight is 326 g/mol.